The molecule has 1 aromatic heterocycles. The van der Waals surface area contributed by atoms with Gasteiger partial charge in [-0.25, -0.2) is 8.78 Å². The molecule has 1 aliphatic carbocycles. The second-order valence-electron chi connectivity index (χ2n) is 10.2. The molecule has 4 atom stereocenters. The Morgan fingerprint density at radius 2 is 1.83 bits per heavy atom. The molecule has 10 heteroatoms. The summed E-state index contributed by atoms with van der Waals surface area (Å²) in [5, 5.41) is 10.9. The first-order valence-electron chi connectivity index (χ1n) is 12.1. The maximum Gasteiger partial charge on any atom is 0.420 e. The largest absolute Gasteiger partial charge is 0.420 e. The minimum atomic E-state index is -4.63. The number of aromatic nitrogens is 2. The predicted molar refractivity (Wildman–Crippen MR) is 121 cm³/mol. The lowest BCUT2D eigenvalue weighted by Crippen LogP contribution is -2.34. The molecule has 2 aliphatic heterocycles. The average molecular weight is 497 g/mol. The van der Waals surface area contributed by atoms with Crippen molar-refractivity contribution >= 4 is 5.82 Å². The number of benzene rings is 1. The summed E-state index contributed by atoms with van der Waals surface area (Å²) in [7, 11) is 0. The van der Waals surface area contributed by atoms with Crippen LogP contribution in [0.15, 0.2) is 24.3 Å². The molecular formula is C25H29F5N4O. The number of rotatable bonds is 5. The maximum absolute atomic E-state index is 13.9. The molecule has 3 heterocycles. The number of nitrogens with zero attached hydrogens (tertiary/aromatic N) is 3. The summed E-state index contributed by atoms with van der Waals surface area (Å²) in [6.45, 7) is 4.76. The third-order valence-electron chi connectivity index (χ3n) is 7.60. The molecule has 1 N–H and O–H groups in total. The minimum absolute atomic E-state index is 0.0116. The van der Waals surface area contributed by atoms with Crippen LogP contribution < -0.4 is 5.32 Å². The van der Waals surface area contributed by atoms with Gasteiger partial charge >= 0.3 is 6.18 Å². The smallest absolute Gasteiger partial charge is 0.365 e. The van der Waals surface area contributed by atoms with Crippen LogP contribution in [0.4, 0.5) is 27.8 Å². The molecule has 5 rings (SSSR count). The molecular weight excluding hydrogens is 467 g/mol. The summed E-state index contributed by atoms with van der Waals surface area (Å²) < 4.78 is 73.9. The highest BCUT2D eigenvalue weighted by molar-refractivity contribution is 5.65. The van der Waals surface area contributed by atoms with Gasteiger partial charge in [-0.2, -0.15) is 13.2 Å². The lowest BCUT2D eigenvalue weighted by molar-refractivity contribution is -0.137. The van der Waals surface area contributed by atoms with E-state index in [-0.39, 0.29) is 29.0 Å². The van der Waals surface area contributed by atoms with Gasteiger partial charge in [0.1, 0.15) is 11.4 Å². The highest BCUT2D eigenvalue weighted by atomic mass is 19.4. The van der Waals surface area contributed by atoms with Crippen LogP contribution in [0.2, 0.25) is 0 Å². The van der Waals surface area contributed by atoms with Gasteiger partial charge in [0.2, 0.25) is 0 Å². The molecule has 3 aliphatic rings. The van der Waals surface area contributed by atoms with E-state index in [9.17, 15) is 22.0 Å². The van der Waals surface area contributed by atoms with E-state index in [0.717, 1.165) is 45.0 Å². The Hall–Kier alpha value is -2.33. The van der Waals surface area contributed by atoms with Gasteiger partial charge in [0.25, 0.3) is 0 Å². The van der Waals surface area contributed by atoms with Crippen molar-refractivity contribution in [1.29, 1.82) is 0 Å². The Bertz CT molecular complexity index is 1050. The normalized spacial score (nSPS) is 27.8. The first-order chi connectivity index (χ1) is 16.7. The van der Waals surface area contributed by atoms with E-state index in [2.05, 4.69) is 20.4 Å². The summed E-state index contributed by atoms with van der Waals surface area (Å²) >= 11 is 0. The van der Waals surface area contributed by atoms with E-state index in [1.807, 2.05) is 0 Å². The van der Waals surface area contributed by atoms with E-state index in [4.69, 9.17) is 4.74 Å². The lowest BCUT2D eigenvalue weighted by atomic mass is 9.99. The minimum Gasteiger partial charge on any atom is -0.365 e. The summed E-state index contributed by atoms with van der Waals surface area (Å²) in [5.74, 6) is 0.246. The van der Waals surface area contributed by atoms with Crippen LogP contribution in [0.5, 0.6) is 0 Å². The molecule has 2 aromatic rings. The summed E-state index contributed by atoms with van der Waals surface area (Å²) in [6.07, 6.45) is -3.00. The van der Waals surface area contributed by atoms with Crippen molar-refractivity contribution < 1.29 is 26.7 Å². The number of alkyl halides is 4. The number of nitrogens with one attached hydrogen (secondary N) is 1. The number of hydrogen-bond donors (Lipinski definition) is 1. The molecule has 2 saturated heterocycles. The number of aryl methyl sites for hydroxylation is 1. The summed E-state index contributed by atoms with van der Waals surface area (Å²) in [5.41, 5.74) is -0.00766. The molecule has 35 heavy (non-hydrogen) atoms. The zero-order valence-corrected chi connectivity index (χ0v) is 19.5. The van der Waals surface area contributed by atoms with Crippen molar-refractivity contribution in [2.75, 3.05) is 31.6 Å². The summed E-state index contributed by atoms with van der Waals surface area (Å²) in [4.78, 5) is 2.37. The molecule has 0 spiro atoms. The number of fused-ring (bicyclic) bond motifs is 1. The molecule has 1 aromatic carbocycles. The van der Waals surface area contributed by atoms with Crippen LogP contribution in [0.3, 0.4) is 0 Å². The Labute approximate surface area is 201 Å². The molecule has 3 fully saturated rings. The molecule has 190 valence electrons. The Kier molecular flexibility index (Phi) is 6.69. The average Bonchev–Trinajstić information content (AvgIpc) is 3.33. The van der Waals surface area contributed by atoms with Gasteiger partial charge in [-0.05, 0) is 67.7 Å². The molecule has 5 nitrogen and oxygen atoms in total. The van der Waals surface area contributed by atoms with Crippen LogP contribution in [0.25, 0.3) is 11.3 Å². The first kappa shape index (κ1) is 24.4. The van der Waals surface area contributed by atoms with E-state index in [1.54, 1.807) is 6.92 Å². The summed E-state index contributed by atoms with van der Waals surface area (Å²) in [6, 6.07) is 4.75. The van der Waals surface area contributed by atoms with Crippen LogP contribution in [-0.2, 0) is 10.9 Å². The zero-order chi connectivity index (χ0) is 24.7. The predicted octanol–water partition coefficient (Wildman–Crippen LogP) is 5.45. The fourth-order valence-electron chi connectivity index (χ4n) is 5.92. The second-order valence-corrected chi connectivity index (χ2v) is 10.2. The molecule has 0 bridgehead atoms. The quantitative estimate of drug-likeness (QED) is 0.558. The SMILES string of the molecule is Cc1ccc(F)cc1-c1cc(C(F)(F)F)c(NC2C[C@@H]3CN(C[C@H]4CCO[C@@H](F)C4)C[C@H]3C2)nn1. The topological polar surface area (TPSA) is 50.3 Å². The van der Waals surface area contributed by atoms with Crippen LogP contribution in [0, 0.1) is 30.5 Å². The third-order valence-corrected chi connectivity index (χ3v) is 7.60. The molecule has 0 amide bonds. The Balaban J connectivity index is 1.25. The fraction of sp³-hybridized carbons (Fsp3) is 0.600. The van der Waals surface area contributed by atoms with Gasteiger partial charge in [0, 0.05) is 37.7 Å². The van der Waals surface area contributed by atoms with Crippen molar-refractivity contribution in [2.24, 2.45) is 17.8 Å². The van der Waals surface area contributed by atoms with Gasteiger partial charge < -0.3 is 15.0 Å². The third kappa shape index (κ3) is 5.43. The van der Waals surface area contributed by atoms with Crippen molar-refractivity contribution in [2.45, 2.75) is 51.2 Å². The number of halogens is 5. The van der Waals surface area contributed by atoms with Crippen molar-refractivity contribution in [3.05, 3.63) is 41.2 Å². The van der Waals surface area contributed by atoms with E-state index in [1.165, 1.54) is 18.2 Å². The molecule has 1 saturated carbocycles. The van der Waals surface area contributed by atoms with E-state index in [0.29, 0.717) is 30.4 Å². The molecule has 0 unspecified atom stereocenters. The monoisotopic (exact) mass is 496 g/mol. The van der Waals surface area contributed by atoms with E-state index < -0.39 is 23.9 Å². The van der Waals surface area contributed by atoms with Crippen LogP contribution >= 0.6 is 0 Å². The second kappa shape index (κ2) is 9.61. The maximum atomic E-state index is 13.9. The highest BCUT2D eigenvalue weighted by Gasteiger charge is 2.43. The lowest BCUT2D eigenvalue weighted by Gasteiger charge is -2.29. The number of likely N-dealkylation sites (tertiary alicyclic amines) is 1. The number of hydrogen-bond acceptors (Lipinski definition) is 5. The van der Waals surface area contributed by atoms with Crippen molar-refractivity contribution in [1.82, 2.24) is 15.1 Å². The van der Waals surface area contributed by atoms with Gasteiger partial charge in [0.15, 0.2) is 12.2 Å². The van der Waals surface area contributed by atoms with Gasteiger partial charge in [0.05, 0.1) is 12.3 Å². The number of anilines is 1. The van der Waals surface area contributed by atoms with Crippen molar-refractivity contribution in [3.8, 4) is 11.3 Å². The van der Waals surface area contributed by atoms with Crippen LogP contribution in [0.1, 0.15) is 36.8 Å². The number of ether oxygens (including phenoxy) is 1. The van der Waals surface area contributed by atoms with Gasteiger partial charge in [-0.3, -0.25) is 0 Å². The highest BCUT2D eigenvalue weighted by Crippen LogP contribution is 2.42. The van der Waals surface area contributed by atoms with Gasteiger partial charge in [-0.1, -0.05) is 6.07 Å². The molecule has 0 radical (unpaired) electrons. The fourth-order valence-corrected chi connectivity index (χ4v) is 5.92. The zero-order valence-electron chi connectivity index (χ0n) is 19.5. The van der Waals surface area contributed by atoms with E-state index >= 15 is 0 Å². The van der Waals surface area contributed by atoms with Crippen molar-refractivity contribution in [3.63, 3.8) is 0 Å². The first-order valence-corrected chi connectivity index (χ1v) is 12.1. The Morgan fingerprint density at radius 1 is 1.09 bits per heavy atom. The Morgan fingerprint density at radius 3 is 2.51 bits per heavy atom. The van der Waals surface area contributed by atoms with Gasteiger partial charge in [-0.15, -0.1) is 10.2 Å². The van der Waals surface area contributed by atoms with Crippen LogP contribution in [-0.4, -0.2) is 53.7 Å². The standard InChI is InChI=1S/C25H29F5N4O/c1-14-2-3-18(26)9-20(14)22-10-21(25(28,29)30)24(33-32-22)31-19-7-16-12-34(13-17(16)8-19)11-15-4-5-35-23(27)6-15/h2-3,9-10,15-17,19,23H,4-8,11-13H2,1H3,(H,31,33)/t15-,16+,17+,23+/m0/s1.